The molecule has 1 aromatic carbocycles. The van der Waals surface area contributed by atoms with Crippen molar-refractivity contribution >= 4 is 0 Å². The van der Waals surface area contributed by atoms with Crippen LogP contribution >= 0.6 is 0 Å². The Hall–Kier alpha value is -1.61. The van der Waals surface area contributed by atoms with Gasteiger partial charge in [0.2, 0.25) is 0 Å². The molecule has 0 amide bonds. The van der Waals surface area contributed by atoms with Crippen LogP contribution in [0.15, 0.2) is 30.6 Å². The zero-order valence-corrected chi connectivity index (χ0v) is 8.83. The first kappa shape index (κ1) is 9.93. The first-order valence-electron chi connectivity index (χ1n) is 5.11. The first-order valence-corrected chi connectivity index (χ1v) is 5.11. The van der Waals surface area contributed by atoms with E-state index in [1.807, 2.05) is 12.1 Å². The van der Waals surface area contributed by atoms with Gasteiger partial charge in [-0.05, 0) is 19.0 Å². The summed E-state index contributed by atoms with van der Waals surface area (Å²) in [6, 6.07) is 8.25. The maximum atomic E-state index is 5.56. The van der Waals surface area contributed by atoms with Gasteiger partial charge in [0, 0.05) is 17.7 Å². The summed E-state index contributed by atoms with van der Waals surface area (Å²) in [5.74, 6) is 0. The van der Waals surface area contributed by atoms with E-state index >= 15 is 0 Å². The predicted octanol–water partition coefficient (Wildman–Crippen LogP) is 1.89. The van der Waals surface area contributed by atoms with E-state index in [9.17, 15) is 0 Å². The summed E-state index contributed by atoms with van der Waals surface area (Å²) in [6.07, 6.45) is 2.57. The molecule has 3 nitrogen and oxygen atoms in total. The number of hydrogen-bond acceptors (Lipinski definition) is 2. The minimum Gasteiger partial charge on any atom is -0.348 e. The lowest BCUT2D eigenvalue weighted by atomic mass is 10.0. The molecule has 15 heavy (non-hydrogen) atoms. The van der Waals surface area contributed by atoms with Gasteiger partial charge in [-0.25, -0.2) is 4.98 Å². The van der Waals surface area contributed by atoms with E-state index in [2.05, 4.69) is 29.0 Å². The van der Waals surface area contributed by atoms with Crippen molar-refractivity contribution in [2.24, 2.45) is 5.73 Å². The quantitative estimate of drug-likeness (QED) is 0.796. The standard InChI is InChI=1S/C12H15N3/c1-9-4-2-3-5-10(9)12-11(6-7-13)14-8-15-12/h2-5,8H,6-7,13H2,1H3,(H,14,15). The molecule has 0 atom stereocenters. The van der Waals surface area contributed by atoms with Gasteiger partial charge in [0.05, 0.1) is 12.0 Å². The number of benzene rings is 1. The number of imidazole rings is 1. The molecule has 0 bridgehead atoms. The number of nitrogens with one attached hydrogen (secondary N) is 1. The molecular weight excluding hydrogens is 186 g/mol. The molecule has 0 saturated heterocycles. The van der Waals surface area contributed by atoms with Crippen LogP contribution in [0, 0.1) is 6.92 Å². The van der Waals surface area contributed by atoms with E-state index in [-0.39, 0.29) is 0 Å². The molecule has 2 rings (SSSR count). The van der Waals surface area contributed by atoms with E-state index in [4.69, 9.17) is 5.73 Å². The summed E-state index contributed by atoms with van der Waals surface area (Å²) in [7, 11) is 0. The van der Waals surface area contributed by atoms with Gasteiger partial charge in [-0.2, -0.15) is 0 Å². The fourth-order valence-corrected chi connectivity index (χ4v) is 1.73. The Labute approximate surface area is 89.4 Å². The highest BCUT2D eigenvalue weighted by molar-refractivity contribution is 5.65. The first-order chi connectivity index (χ1) is 7.33. The fourth-order valence-electron chi connectivity index (χ4n) is 1.73. The third-order valence-corrected chi connectivity index (χ3v) is 2.51. The fraction of sp³-hybridized carbons (Fsp3) is 0.250. The molecule has 3 N–H and O–H groups in total. The molecule has 0 unspecified atom stereocenters. The zero-order valence-electron chi connectivity index (χ0n) is 8.83. The van der Waals surface area contributed by atoms with Crippen molar-refractivity contribution in [2.75, 3.05) is 6.54 Å². The van der Waals surface area contributed by atoms with Crippen LogP contribution in [-0.4, -0.2) is 16.5 Å². The van der Waals surface area contributed by atoms with Crippen molar-refractivity contribution in [2.45, 2.75) is 13.3 Å². The van der Waals surface area contributed by atoms with Crippen LogP contribution in [0.2, 0.25) is 0 Å². The summed E-state index contributed by atoms with van der Waals surface area (Å²) < 4.78 is 0. The second-order valence-electron chi connectivity index (χ2n) is 3.58. The highest BCUT2D eigenvalue weighted by atomic mass is 14.9. The smallest absolute Gasteiger partial charge is 0.0929 e. The number of nitrogens with zero attached hydrogens (tertiary/aromatic N) is 1. The highest BCUT2D eigenvalue weighted by Crippen LogP contribution is 2.23. The molecule has 0 aliphatic rings. The molecule has 0 saturated carbocycles. The summed E-state index contributed by atoms with van der Waals surface area (Å²) in [4.78, 5) is 7.50. The third kappa shape index (κ3) is 1.92. The van der Waals surface area contributed by atoms with Crippen molar-refractivity contribution < 1.29 is 0 Å². The lowest BCUT2D eigenvalue weighted by molar-refractivity contribution is 0.936. The van der Waals surface area contributed by atoms with E-state index in [1.54, 1.807) is 6.33 Å². The summed E-state index contributed by atoms with van der Waals surface area (Å²) >= 11 is 0. The van der Waals surface area contributed by atoms with Crippen LogP contribution in [0.3, 0.4) is 0 Å². The van der Waals surface area contributed by atoms with E-state index < -0.39 is 0 Å². The Morgan fingerprint density at radius 1 is 1.33 bits per heavy atom. The lowest BCUT2D eigenvalue weighted by Gasteiger charge is -2.04. The van der Waals surface area contributed by atoms with Gasteiger partial charge in [-0.3, -0.25) is 0 Å². The Kier molecular flexibility index (Phi) is 2.83. The number of H-pyrrole nitrogens is 1. The third-order valence-electron chi connectivity index (χ3n) is 2.51. The Balaban J connectivity index is 2.45. The van der Waals surface area contributed by atoms with Crippen LogP contribution in [0.5, 0.6) is 0 Å². The van der Waals surface area contributed by atoms with Crippen molar-refractivity contribution in [1.82, 2.24) is 9.97 Å². The van der Waals surface area contributed by atoms with Crippen molar-refractivity contribution in [3.63, 3.8) is 0 Å². The van der Waals surface area contributed by atoms with Gasteiger partial charge in [0.25, 0.3) is 0 Å². The molecule has 0 fully saturated rings. The monoisotopic (exact) mass is 201 g/mol. The van der Waals surface area contributed by atoms with Crippen molar-refractivity contribution in [3.8, 4) is 11.3 Å². The summed E-state index contributed by atoms with van der Waals surface area (Å²) in [5.41, 5.74) is 10.1. The average molecular weight is 201 g/mol. The molecule has 78 valence electrons. The second kappa shape index (κ2) is 4.28. The maximum absolute atomic E-state index is 5.56. The zero-order chi connectivity index (χ0) is 10.7. The SMILES string of the molecule is Cc1ccccc1-c1nc[nH]c1CCN. The minimum absolute atomic E-state index is 0.640. The molecule has 0 aliphatic carbocycles. The summed E-state index contributed by atoms with van der Waals surface area (Å²) in [5, 5.41) is 0. The lowest BCUT2D eigenvalue weighted by Crippen LogP contribution is -2.04. The second-order valence-corrected chi connectivity index (χ2v) is 3.58. The number of rotatable bonds is 3. The highest BCUT2D eigenvalue weighted by Gasteiger charge is 2.08. The van der Waals surface area contributed by atoms with Gasteiger partial charge in [0.15, 0.2) is 0 Å². The minimum atomic E-state index is 0.640. The van der Waals surface area contributed by atoms with Crippen molar-refractivity contribution in [1.29, 1.82) is 0 Å². The molecule has 2 aromatic rings. The Bertz CT molecular complexity index is 446. The topological polar surface area (TPSA) is 54.7 Å². The molecule has 0 aliphatic heterocycles. The maximum Gasteiger partial charge on any atom is 0.0929 e. The van der Waals surface area contributed by atoms with Crippen LogP contribution in [-0.2, 0) is 6.42 Å². The van der Waals surface area contributed by atoms with E-state index in [0.717, 1.165) is 17.8 Å². The van der Waals surface area contributed by atoms with Crippen LogP contribution < -0.4 is 5.73 Å². The molecule has 1 aromatic heterocycles. The molecule has 1 heterocycles. The number of hydrogen-bond donors (Lipinski definition) is 2. The van der Waals surface area contributed by atoms with Crippen molar-refractivity contribution in [3.05, 3.63) is 41.9 Å². The molecule has 0 radical (unpaired) electrons. The molecular formula is C12H15N3. The molecule has 3 heteroatoms. The van der Waals surface area contributed by atoms with Gasteiger partial charge >= 0.3 is 0 Å². The predicted molar refractivity (Wildman–Crippen MR) is 61.5 cm³/mol. The van der Waals surface area contributed by atoms with Gasteiger partial charge in [-0.15, -0.1) is 0 Å². The largest absolute Gasteiger partial charge is 0.348 e. The van der Waals surface area contributed by atoms with Gasteiger partial charge in [0.1, 0.15) is 0 Å². The van der Waals surface area contributed by atoms with E-state index in [1.165, 1.54) is 11.1 Å². The normalized spacial score (nSPS) is 10.5. The average Bonchev–Trinajstić information content (AvgIpc) is 2.67. The summed E-state index contributed by atoms with van der Waals surface area (Å²) in [6.45, 7) is 2.73. The van der Waals surface area contributed by atoms with Crippen LogP contribution in [0.1, 0.15) is 11.3 Å². The molecule has 0 spiro atoms. The number of aryl methyl sites for hydroxylation is 1. The Morgan fingerprint density at radius 3 is 2.87 bits per heavy atom. The van der Waals surface area contributed by atoms with Gasteiger partial charge < -0.3 is 10.7 Å². The Morgan fingerprint density at radius 2 is 2.13 bits per heavy atom. The van der Waals surface area contributed by atoms with Gasteiger partial charge in [-0.1, -0.05) is 24.3 Å². The number of nitrogens with two attached hydrogens (primary N) is 1. The number of aromatic amines is 1. The number of aromatic nitrogens is 2. The van der Waals surface area contributed by atoms with Crippen LogP contribution in [0.25, 0.3) is 11.3 Å². The van der Waals surface area contributed by atoms with E-state index in [0.29, 0.717) is 6.54 Å². The van der Waals surface area contributed by atoms with Crippen LogP contribution in [0.4, 0.5) is 0 Å².